The molecule has 172 valence electrons. The number of carbonyl (C=O) groups is 2. The molecule has 8 heteroatoms. The zero-order chi connectivity index (χ0) is 22.9. The van der Waals surface area contributed by atoms with Crippen molar-refractivity contribution >= 4 is 32.6 Å². The molecule has 1 saturated heterocycles. The molecule has 2 aliphatic rings. The molecule has 2 aromatic rings. The molecule has 4 rings (SSSR count). The van der Waals surface area contributed by atoms with Crippen molar-refractivity contribution in [2.45, 2.75) is 64.5 Å². The summed E-state index contributed by atoms with van der Waals surface area (Å²) in [6, 6.07) is 7.02. The molecular weight excluding hydrogens is 428 g/mol. The van der Waals surface area contributed by atoms with E-state index in [2.05, 4.69) is 0 Å². The molecule has 0 N–H and O–H groups in total. The molecule has 1 fully saturated rings. The van der Waals surface area contributed by atoms with Gasteiger partial charge in [-0.15, -0.1) is 0 Å². The number of pyridine rings is 1. The maximum atomic E-state index is 13.2. The van der Waals surface area contributed by atoms with Crippen LogP contribution in [-0.4, -0.2) is 60.4 Å². The summed E-state index contributed by atoms with van der Waals surface area (Å²) in [5.41, 5.74) is 3.12. The smallest absolute Gasteiger partial charge is 0.339 e. The summed E-state index contributed by atoms with van der Waals surface area (Å²) in [6.07, 6.45) is 4.75. The molecule has 1 aliphatic heterocycles. The van der Waals surface area contributed by atoms with E-state index in [1.54, 1.807) is 4.90 Å². The van der Waals surface area contributed by atoms with Crippen LogP contribution >= 0.6 is 0 Å². The van der Waals surface area contributed by atoms with Gasteiger partial charge in [-0.25, -0.2) is 13.2 Å². The van der Waals surface area contributed by atoms with E-state index >= 15 is 0 Å². The molecular formula is C24H30N2O5S. The Morgan fingerprint density at radius 1 is 1.22 bits per heavy atom. The molecule has 1 aliphatic carbocycles. The Bertz CT molecular complexity index is 1140. The van der Waals surface area contributed by atoms with E-state index in [0.717, 1.165) is 47.8 Å². The zero-order valence-electron chi connectivity index (χ0n) is 18.7. The lowest BCUT2D eigenvalue weighted by molar-refractivity contribution is -0.138. The van der Waals surface area contributed by atoms with Crippen LogP contribution in [-0.2, 0) is 32.2 Å². The fourth-order valence-corrected chi connectivity index (χ4v) is 6.59. The first-order chi connectivity index (χ1) is 15.3. The second-order valence-electron chi connectivity index (χ2n) is 8.83. The monoisotopic (exact) mass is 458 g/mol. The Labute approximate surface area is 189 Å². The molecule has 0 unspecified atom stereocenters. The van der Waals surface area contributed by atoms with Gasteiger partial charge < -0.3 is 9.64 Å². The van der Waals surface area contributed by atoms with Gasteiger partial charge in [0.15, 0.2) is 16.4 Å². The quantitative estimate of drug-likeness (QED) is 0.618. The van der Waals surface area contributed by atoms with Crippen molar-refractivity contribution in [3.8, 4) is 0 Å². The number of para-hydroxylation sites is 1. The lowest BCUT2D eigenvalue weighted by Gasteiger charge is -2.33. The first-order valence-electron chi connectivity index (χ1n) is 11.4. The van der Waals surface area contributed by atoms with Crippen LogP contribution in [0, 0.1) is 0 Å². The molecule has 32 heavy (non-hydrogen) atoms. The van der Waals surface area contributed by atoms with Crippen LogP contribution in [0.25, 0.3) is 10.9 Å². The minimum Gasteiger partial charge on any atom is -0.452 e. The average molecular weight is 459 g/mol. The fraction of sp³-hybridized carbons (Fsp3) is 0.542. The molecule has 2 atom stereocenters. The molecule has 0 bridgehead atoms. The Morgan fingerprint density at radius 2 is 1.97 bits per heavy atom. The first kappa shape index (κ1) is 22.7. The average Bonchev–Trinajstić information content (AvgIpc) is 3.14. The number of esters is 1. The lowest BCUT2D eigenvalue weighted by Crippen LogP contribution is -2.48. The van der Waals surface area contributed by atoms with Gasteiger partial charge in [-0.1, -0.05) is 25.1 Å². The summed E-state index contributed by atoms with van der Waals surface area (Å²) in [6.45, 7) is 3.46. The van der Waals surface area contributed by atoms with Crippen LogP contribution in [0.2, 0.25) is 0 Å². The van der Waals surface area contributed by atoms with Crippen LogP contribution in [0.4, 0.5) is 0 Å². The number of rotatable bonds is 6. The number of hydrogen-bond donors (Lipinski definition) is 0. The standard InChI is InChI=1S/C24H30N2O5S/c1-3-16(2)26(17-12-13-32(29,30)15-17)22(27)14-31-24(28)23-18-8-4-6-10-20(18)25-21-11-7-5-9-19(21)23/h4,6,8,10,16-17H,3,5,7,9,11-15H2,1-2H3/t16-,17-/m0/s1. The predicted octanol–water partition coefficient (Wildman–Crippen LogP) is 3.08. The van der Waals surface area contributed by atoms with Crippen LogP contribution in [0.15, 0.2) is 24.3 Å². The van der Waals surface area contributed by atoms with Gasteiger partial charge in [0.25, 0.3) is 5.91 Å². The van der Waals surface area contributed by atoms with Crippen LogP contribution in [0.3, 0.4) is 0 Å². The van der Waals surface area contributed by atoms with Gasteiger partial charge in [-0.05, 0) is 57.1 Å². The van der Waals surface area contributed by atoms with E-state index in [0.29, 0.717) is 18.4 Å². The van der Waals surface area contributed by atoms with Gasteiger partial charge in [0, 0.05) is 23.2 Å². The highest BCUT2D eigenvalue weighted by Gasteiger charge is 2.37. The van der Waals surface area contributed by atoms with E-state index in [1.807, 2.05) is 38.1 Å². The SMILES string of the molecule is CC[C@H](C)N(C(=O)COC(=O)c1c2c(nc3ccccc13)CCCC2)[C@H]1CCS(=O)(=O)C1. The van der Waals surface area contributed by atoms with E-state index in [4.69, 9.17) is 9.72 Å². The molecule has 1 aromatic heterocycles. The minimum atomic E-state index is -3.13. The molecule has 1 amide bonds. The van der Waals surface area contributed by atoms with Gasteiger partial charge >= 0.3 is 5.97 Å². The number of nitrogens with zero attached hydrogens (tertiary/aromatic N) is 2. The normalized spacial score (nSPS) is 20.5. The number of carbonyl (C=O) groups excluding carboxylic acids is 2. The van der Waals surface area contributed by atoms with Crippen LogP contribution in [0.5, 0.6) is 0 Å². The number of aromatic nitrogens is 1. The maximum absolute atomic E-state index is 13.2. The summed E-state index contributed by atoms with van der Waals surface area (Å²) in [5, 5.41) is 0.742. The largest absolute Gasteiger partial charge is 0.452 e. The van der Waals surface area contributed by atoms with Gasteiger partial charge in [0.2, 0.25) is 0 Å². The van der Waals surface area contributed by atoms with Crippen molar-refractivity contribution in [3.63, 3.8) is 0 Å². The van der Waals surface area contributed by atoms with E-state index in [1.165, 1.54) is 0 Å². The highest BCUT2D eigenvalue weighted by atomic mass is 32.2. The number of amides is 1. The lowest BCUT2D eigenvalue weighted by atomic mass is 9.90. The van der Waals surface area contributed by atoms with Gasteiger partial charge in [0.1, 0.15) is 0 Å². The van der Waals surface area contributed by atoms with Gasteiger partial charge in [0.05, 0.1) is 22.6 Å². The molecule has 0 saturated carbocycles. The zero-order valence-corrected chi connectivity index (χ0v) is 19.5. The van der Waals surface area contributed by atoms with E-state index < -0.39 is 22.4 Å². The summed E-state index contributed by atoms with van der Waals surface area (Å²) < 4.78 is 29.5. The predicted molar refractivity (Wildman–Crippen MR) is 122 cm³/mol. The van der Waals surface area contributed by atoms with Crippen molar-refractivity contribution in [1.29, 1.82) is 0 Å². The first-order valence-corrected chi connectivity index (χ1v) is 13.2. The van der Waals surface area contributed by atoms with Crippen LogP contribution < -0.4 is 0 Å². The Kier molecular flexibility index (Phi) is 6.51. The Hall–Kier alpha value is -2.48. The molecule has 0 spiro atoms. The Balaban J connectivity index is 1.57. The fourth-order valence-electron chi connectivity index (χ4n) is 4.88. The number of aryl methyl sites for hydroxylation is 1. The second kappa shape index (κ2) is 9.17. The molecule has 0 radical (unpaired) electrons. The van der Waals surface area contributed by atoms with E-state index in [-0.39, 0.29) is 29.5 Å². The van der Waals surface area contributed by atoms with Crippen molar-refractivity contribution in [2.24, 2.45) is 0 Å². The summed E-state index contributed by atoms with van der Waals surface area (Å²) in [5.74, 6) is -0.799. The van der Waals surface area contributed by atoms with Gasteiger partial charge in [-0.3, -0.25) is 9.78 Å². The number of ether oxygens (including phenoxy) is 1. The number of fused-ring (bicyclic) bond motifs is 2. The van der Waals surface area contributed by atoms with E-state index in [9.17, 15) is 18.0 Å². The van der Waals surface area contributed by atoms with Gasteiger partial charge in [-0.2, -0.15) is 0 Å². The third-order valence-electron chi connectivity index (χ3n) is 6.66. The third-order valence-corrected chi connectivity index (χ3v) is 8.41. The number of sulfone groups is 1. The van der Waals surface area contributed by atoms with Crippen molar-refractivity contribution in [1.82, 2.24) is 9.88 Å². The molecule has 2 heterocycles. The van der Waals surface area contributed by atoms with Crippen molar-refractivity contribution in [3.05, 3.63) is 41.1 Å². The number of hydrogen-bond acceptors (Lipinski definition) is 6. The van der Waals surface area contributed by atoms with Crippen LogP contribution in [0.1, 0.15) is 61.1 Å². The topological polar surface area (TPSA) is 93.6 Å². The molecule has 1 aromatic carbocycles. The number of benzene rings is 1. The summed E-state index contributed by atoms with van der Waals surface area (Å²) in [7, 11) is -3.13. The highest BCUT2D eigenvalue weighted by Crippen LogP contribution is 2.30. The summed E-state index contributed by atoms with van der Waals surface area (Å²) in [4.78, 5) is 32.6. The minimum absolute atomic E-state index is 0.0282. The van der Waals surface area contributed by atoms with Crippen molar-refractivity contribution in [2.75, 3.05) is 18.1 Å². The van der Waals surface area contributed by atoms with Crippen molar-refractivity contribution < 1.29 is 22.7 Å². The third kappa shape index (κ3) is 4.51. The Morgan fingerprint density at radius 3 is 2.69 bits per heavy atom. The highest BCUT2D eigenvalue weighted by molar-refractivity contribution is 7.91. The second-order valence-corrected chi connectivity index (χ2v) is 11.1. The summed E-state index contributed by atoms with van der Waals surface area (Å²) >= 11 is 0. The molecule has 7 nitrogen and oxygen atoms in total. The maximum Gasteiger partial charge on any atom is 0.339 e.